The number of hydrogen-bond acceptors (Lipinski definition) is 4. The van der Waals surface area contributed by atoms with Crippen molar-refractivity contribution in [3.63, 3.8) is 0 Å². The van der Waals surface area contributed by atoms with Crippen molar-refractivity contribution in [1.82, 2.24) is 4.98 Å². The van der Waals surface area contributed by atoms with E-state index >= 15 is 0 Å². The zero-order chi connectivity index (χ0) is 11.5. The third-order valence-electron chi connectivity index (χ3n) is 2.53. The molecule has 1 atom stereocenters. The summed E-state index contributed by atoms with van der Waals surface area (Å²) in [4.78, 5) is 18.0. The first-order valence-electron chi connectivity index (χ1n) is 5.12. The van der Waals surface area contributed by atoms with E-state index in [1.807, 2.05) is 25.3 Å². The largest absolute Gasteiger partial charge is 0.303 e. The Hall–Kier alpha value is -1.00. The summed E-state index contributed by atoms with van der Waals surface area (Å²) in [6.07, 6.45) is 1.78. The normalized spacial score (nSPS) is 12.6. The summed E-state index contributed by atoms with van der Waals surface area (Å²) in [6.45, 7) is 4.03. The van der Waals surface area contributed by atoms with Crippen LogP contribution in [0.25, 0.3) is 0 Å². The van der Waals surface area contributed by atoms with Gasteiger partial charge in [0.1, 0.15) is 11.3 Å². The van der Waals surface area contributed by atoms with Gasteiger partial charge in [-0.05, 0) is 31.7 Å². The summed E-state index contributed by atoms with van der Waals surface area (Å²) in [5.41, 5.74) is 1.04. The number of carbonyl (C=O) groups is 1. The number of nitrogens with zero attached hydrogens (tertiary/aromatic N) is 1. The zero-order valence-corrected chi connectivity index (χ0v) is 10.9. The quantitative estimate of drug-likeness (QED) is 0.780. The van der Waals surface area contributed by atoms with Gasteiger partial charge in [-0.25, -0.2) is 4.98 Å². The standard InChI is InChI=1S/C12H13NOS2/c1-8-9(2)16-12(13-8)10(7-14)6-11-4-3-5-15-11/h3-5,7,10H,6H2,1-2H3. The molecule has 2 heterocycles. The molecular weight excluding hydrogens is 238 g/mol. The molecule has 16 heavy (non-hydrogen) atoms. The fourth-order valence-electron chi connectivity index (χ4n) is 1.50. The number of rotatable bonds is 4. The van der Waals surface area contributed by atoms with E-state index in [2.05, 4.69) is 11.1 Å². The van der Waals surface area contributed by atoms with E-state index in [1.165, 1.54) is 9.75 Å². The SMILES string of the molecule is Cc1nc(C(C=O)Cc2cccs2)sc1C. The minimum absolute atomic E-state index is 0.0870. The predicted molar refractivity (Wildman–Crippen MR) is 68.4 cm³/mol. The van der Waals surface area contributed by atoms with Crippen molar-refractivity contribution in [3.05, 3.63) is 38.0 Å². The molecule has 2 aromatic rings. The number of aromatic nitrogens is 1. The van der Waals surface area contributed by atoms with Gasteiger partial charge in [-0.15, -0.1) is 22.7 Å². The molecule has 2 aromatic heterocycles. The van der Waals surface area contributed by atoms with Crippen molar-refractivity contribution in [2.24, 2.45) is 0 Å². The van der Waals surface area contributed by atoms with Crippen LogP contribution in [-0.4, -0.2) is 11.3 Å². The van der Waals surface area contributed by atoms with Crippen molar-refractivity contribution in [1.29, 1.82) is 0 Å². The number of aryl methyl sites for hydroxylation is 2. The number of thiazole rings is 1. The van der Waals surface area contributed by atoms with E-state index in [1.54, 1.807) is 22.7 Å². The minimum Gasteiger partial charge on any atom is -0.303 e. The first-order chi connectivity index (χ1) is 7.70. The maximum absolute atomic E-state index is 11.1. The van der Waals surface area contributed by atoms with Crippen LogP contribution in [-0.2, 0) is 11.2 Å². The third kappa shape index (κ3) is 2.39. The van der Waals surface area contributed by atoms with Crippen LogP contribution >= 0.6 is 22.7 Å². The first kappa shape index (κ1) is 11.5. The van der Waals surface area contributed by atoms with Crippen LogP contribution in [0.4, 0.5) is 0 Å². The topological polar surface area (TPSA) is 30.0 Å². The van der Waals surface area contributed by atoms with Crippen molar-refractivity contribution in [3.8, 4) is 0 Å². The summed E-state index contributed by atoms with van der Waals surface area (Å²) in [7, 11) is 0. The van der Waals surface area contributed by atoms with Crippen molar-refractivity contribution in [2.75, 3.05) is 0 Å². The highest BCUT2D eigenvalue weighted by Gasteiger charge is 2.16. The Balaban J connectivity index is 2.19. The lowest BCUT2D eigenvalue weighted by molar-refractivity contribution is -0.109. The van der Waals surface area contributed by atoms with Crippen LogP contribution in [0, 0.1) is 13.8 Å². The predicted octanol–water partition coefficient (Wildman–Crippen LogP) is 3.35. The van der Waals surface area contributed by atoms with Gasteiger partial charge in [-0.3, -0.25) is 0 Å². The Morgan fingerprint density at radius 1 is 1.50 bits per heavy atom. The number of hydrogen-bond donors (Lipinski definition) is 0. The van der Waals surface area contributed by atoms with Gasteiger partial charge in [0.2, 0.25) is 0 Å². The molecular formula is C12H13NOS2. The molecule has 0 spiro atoms. The highest BCUT2D eigenvalue weighted by atomic mass is 32.1. The van der Waals surface area contributed by atoms with E-state index in [0.717, 1.165) is 23.4 Å². The second-order valence-corrected chi connectivity index (χ2v) is 5.99. The average molecular weight is 251 g/mol. The first-order valence-corrected chi connectivity index (χ1v) is 6.82. The minimum atomic E-state index is -0.0870. The molecule has 2 nitrogen and oxygen atoms in total. The van der Waals surface area contributed by atoms with E-state index in [-0.39, 0.29) is 5.92 Å². The highest BCUT2D eigenvalue weighted by molar-refractivity contribution is 7.12. The molecule has 0 N–H and O–H groups in total. The lowest BCUT2D eigenvalue weighted by atomic mass is 10.1. The molecule has 1 unspecified atom stereocenters. The van der Waals surface area contributed by atoms with Gasteiger partial charge in [0.15, 0.2) is 0 Å². The van der Waals surface area contributed by atoms with E-state index in [4.69, 9.17) is 0 Å². The molecule has 0 bridgehead atoms. The van der Waals surface area contributed by atoms with Gasteiger partial charge in [0, 0.05) is 9.75 Å². The van der Waals surface area contributed by atoms with Gasteiger partial charge >= 0.3 is 0 Å². The summed E-state index contributed by atoms with van der Waals surface area (Å²) in [6, 6.07) is 4.08. The van der Waals surface area contributed by atoms with Crippen molar-refractivity contribution in [2.45, 2.75) is 26.2 Å². The fraction of sp³-hybridized carbons (Fsp3) is 0.333. The molecule has 0 aromatic carbocycles. The smallest absolute Gasteiger partial charge is 0.130 e. The van der Waals surface area contributed by atoms with Gasteiger partial charge in [-0.1, -0.05) is 6.07 Å². The number of carbonyl (C=O) groups excluding carboxylic acids is 1. The van der Waals surface area contributed by atoms with Crippen LogP contribution in [0.3, 0.4) is 0 Å². The second-order valence-electron chi connectivity index (χ2n) is 3.72. The van der Waals surface area contributed by atoms with Crippen LogP contribution < -0.4 is 0 Å². The van der Waals surface area contributed by atoms with Gasteiger partial charge < -0.3 is 4.79 Å². The van der Waals surface area contributed by atoms with Crippen molar-refractivity contribution < 1.29 is 4.79 Å². The Labute approximate surface area is 103 Å². The van der Waals surface area contributed by atoms with E-state index in [0.29, 0.717) is 0 Å². The Morgan fingerprint density at radius 3 is 2.81 bits per heavy atom. The maximum Gasteiger partial charge on any atom is 0.130 e. The van der Waals surface area contributed by atoms with Gasteiger partial charge in [0.25, 0.3) is 0 Å². The highest BCUT2D eigenvalue weighted by Crippen LogP contribution is 2.27. The molecule has 0 amide bonds. The second kappa shape index (κ2) is 4.89. The molecule has 0 saturated carbocycles. The van der Waals surface area contributed by atoms with Crippen LogP contribution in [0.1, 0.15) is 26.4 Å². The lowest BCUT2D eigenvalue weighted by Crippen LogP contribution is -2.02. The van der Waals surface area contributed by atoms with E-state index < -0.39 is 0 Å². The molecule has 4 heteroatoms. The average Bonchev–Trinajstić information content (AvgIpc) is 2.86. The molecule has 2 rings (SSSR count). The van der Waals surface area contributed by atoms with Crippen LogP contribution in [0.2, 0.25) is 0 Å². The Bertz CT molecular complexity index is 454. The zero-order valence-electron chi connectivity index (χ0n) is 9.27. The molecule has 0 aliphatic rings. The van der Waals surface area contributed by atoms with Gasteiger partial charge in [0.05, 0.1) is 11.6 Å². The molecule has 0 aliphatic heterocycles. The molecule has 0 saturated heterocycles. The third-order valence-corrected chi connectivity index (χ3v) is 4.63. The van der Waals surface area contributed by atoms with Crippen LogP contribution in [0.5, 0.6) is 0 Å². The number of aldehydes is 1. The molecule has 0 aliphatic carbocycles. The summed E-state index contributed by atoms with van der Waals surface area (Å²) < 4.78 is 0. The van der Waals surface area contributed by atoms with Crippen molar-refractivity contribution >= 4 is 29.0 Å². The lowest BCUT2D eigenvalue weighted by Gasteiger charge is -2.04. The summed E-state index contributed by atoms with van der Waals surface area (Å²) in [5.74, 6) is -0.0870. The molecule has 0 fully saturated rings. The maximum atomic E-state index is 11.1. The monoisotopic (exact) mass is 251 g/mol. The fourth-order valence-corrected chi connectivity index (χ4v) is 3.24. The molecule has 0 radical (unpaired) electrons. The van der Waals surface area contributed by atoms with Gasteiger partial charge in [-0.2, -0.15) is 0 Å². The Morgan fingerprint density at radius 2 is 2.31 bits per heavy atom. The summed E-state index contributed by atoms with van der Waals surface area (Å²) in [5, 5.41) is 2.98. The number of thiophene rings is 1. The summed E-state index contributed by atoms with van der Waals surface area (Å²) >= 11 is 3.32. The molecule has 84 valence electrons. The van der Waals surface area contributed by atoms with E-state index in [9.17, 15) is 4.79 Å². The van der Waals surface area contributed by atoms with Crippen LogP contribution in [0.15, 0.2) is 17.5 Å². The Kier molecular flexibility index (Phi) is 3.51.